The van der Waals surface area contributed by atoms with E-state index in [9.17, 15) is 9.59 Å². The van der Waals surface area contributed by atoms with Crippen LogP contribution >= 0.6 is 0 Å². The first kappa shape index (κ1) is 14.3. The van der Waals surface area contributed by atoms with E-state index in [1.54, 1.807) is 0 Å². The monoisotopic (exact) mass is 268 g/mol. The summed E-state index contributed by atoms with van der Waals surface area (Å²) in [4.78, 5) is 24.2. The molecule has 2 aliphatic rings. The average Bonchev–Trinajstić information content (AvgIpc) is 2.07. The number of rotatable bonds is 4. The molecule has 0 radical (unpaired) electrons. The van der Waals surface area contributed by atoms with E-state index in [2.05, 4.69) is 10.6 Å². The molecule has 5 heteroatoms. The zero-order chi connectivity index (χ0) is 14.0. The van der Waals surface area contributed by atoms with Gasteiger partial charge in [0, 0.05) is 24.9 Å². The van der Waals surface area contributed by atoms with Gasteiger partial charge >= 0.3 is 6.09 Å². The van der Waals surface area contributed by atoms with E-state index < -0.39 is 11.7 Å². The number of alkyl carbamates (subject to hydrolysis) is 1. The summed E-state index contributed by atoms with van der Waals surface area (Å²) in [5, 5.41) is 5.92. The quantitative estimate of drug-likeness (QED) is 0.810. The summed E-state index contributed by atoms with van der Waals surface area (Å²) in [5.74, 6) is 0.532. The number of Topliss-reactive ketones (excluding diaryl/α,β-unsaturated/α-hetero) is 1. The standard InChI is InChI=1S/C14H24N2O3/c1-14(2,3)19-13(18)16-11(10-7-15-8-10)12(17)9-5-4-6-9/h9-11,15H,4-8H2,1-3H3,(H,16,18). The highest BCUT2D eigenvalue weighted by molar-refractivity contribution is 5.90. The van der Waals surface area contributed by atoms with Gasteiger partial charge in [-0.3, -0.25) is 4.79 Å². The first-order chi connectivity index (χ1) is 8.87. The van der Waals surface area contributed by atoms with Gasteiger partial charge in [-0.2, -0.15) is 0 Å². The van der Waals surface area contributed by atoms with Gasteiger partial charge in [0.1, 0.15) is 5.60 Å². The van der Waals surface area contributed by atoms with Gasteiger partial charge in [-0.05, 0) is 33.6 Å². The summed E-state index contributed by atoms with van der Waals surface area (Å²) in [5.41, 5.74) is -0.536. The van der Waals surface area contributed by atoms with Crippen molar-refractivity contribution in [2.45, 2.75) is 51.7 Å². The highest BCUT2D eigenvalue weighted by atomic mass is 16.6. The van der Waals surface area contributed by atoms with Crippen molar-refractivity contribution in [3.63, 3.8) is 0 Å². The van der Waals surface area contributed by atoms with Crippen LogP contribution in [0.5, 0.6) is 0 Å². The van der Waals surface area contributed by atoms with Crippen LogP contribution in [-0.4, -0.2) is 36.6 Å². The van der Waals surface area contributed by atoms with Crippen molar-refractivity contribution in [3.8, 4) is 0 Å². The second-order valence-electron chi connectivity index (χ2n) is 6.57. The molecule has 1 aliphatic carbocycles. The van der Waals surface area contributed by atoms with Crippen molar-refractivity contribution in [2.75, 3.05) is 13.1 Å². The summed E-state index contributed by atoms with van der Waals surface area (Å²) in [6.45, 7) is 7.04. The van der Waals surface area contributed by atoms with E-state index in [0.29, 0.717) is 0 Å². The zero-order valence-corrected chi connectivity index (χ0v) is 12.0. The molecule has 1 amide bonds. The predicted octanol–water partition coefficient (Wildman–Crippen LogP) is 1.47. The van der Waals surface area contributed by atoms with Gasteiger partial charge in [0.15, 0.2) is 5.78 Å². The fourth-order valence-corrected chi connectivity index (χ4v) is 2.35. The maximum atomic E-state index is 12.4. The average molecular weight is 268 g/mol. The largest absolute Gasteiger partial charge is 0.444 e. The van der Waals surface area contributed by atoms with Crippen LogP contribution in [0.4, 0.5) is 4.79 Å². The summed E-state index contributed by atoms with van der Waals surface area (Å²) in [6.07, 6.45) is 2.56. The van der Waals surface area contributed by atoms with Crippen molar-refractivity contribution in [1.29, 1.82) is 0 Å². The minimum atomic E-state index is -0.536. The molecule has 0 bridgehead atoms. The van der Waals surface area contributed by atoms with Crippen LogP contribution < -0.4 is 10.6 Å². The number of ether oxygens (including phenoxy) is 1. The van der Waals surface area contributed by atoms with Crippen LogP contribution in [0, 0.1) is 11.8 Å². The Bertz CT molecular complexity index is 354. The highest BCUT2D eigenvalue weighted by Crippen LogP contribution is 2.30. The van der Waals surface area contributed by atoms with E-state index in [1.165, 1.54) is 0 Å². The highest BCUT2D eigenvalue weighted by Gasteiger charge is 2.39. The first-order valence-electron chi connectivity index (χ1n) is 7.11. The third-order valence-corrected chi connectivity index (χ3v) is 3.77. The lowest BCUT2D eigenvalue weighted by Gasteiger charge is -2.37. The smallest absolute Gasteiger partial charge is 0.408 e. The number of hydrogen-bond acceptors (Lipinski definition) is 4. The molecule has 2 fully saturated rings. The molecule has 0 aromatic rings. The summed E-state index contributed by atoms with van der Waals surface area (Å²) in [7, 11) is 0. The lowest BCUT2D eigenvalue weighted by atomic mass is 9.76. The van der Waals surface area contributed by atoms with E-state index in [-0.39, 0.29) is 23.7 Å². The minimum Gasteiger partial charge on any atom is -0.444 e. The molecule has 0 aromatic carbocycles. The number of carbonyl (C=O) groups is 2. The van der Waals surface area contributed by atoms with Crippen LogP contribution in [0.25, 0.3) is 0 Å². The van der Waals surface area contributed by atoms with Crippen molar-refractivity contribution in [1.82, 2.24) is 10.6 Å². The molecular weight excluding hydrogens is 244 g/mol. The van der Waals surface area contributed by atoms with Crippen LogP contribution in [-0.2, 0) is 9.53 Å². The zero-order valence-electron chi connectivity index (χ0n) is 12.0. The third kappa shape index (κ3) is 3.69. The molecule has 2 rings (SSSR count). The maximum absolute atomic E-state index is 12.4. The second kappa shape index (κ2) is 5.49. The van der Waals surface area contributed by atoms with E-state index in [0.717, 1.165) is 32.4 Å². The lowest BCUT2D eigenvalue weighted by Crippen LogP contribution is -2.59. The Morgan fingerprint density at radius 3 is 2.26 bits per heavy atom. The Balaban J connectivity index is 1.93. The summed E-state index contributed by atoms with van der Waals surface area (Å²) >= 11 is 0. The molecule has 1 unspecified atom stereocenters. The van der Waals surface area contributed by atoms with Crippen molar-refractivity contribution in [3.05, 3.63) is 0 Å². The van der Waals surface area contributed by atoms with E-state index >= 15 is 0 Å². The van der Waals surface area contributed by atoms with Gasteiger partial charge in [-0.1, -0.05) is 6.42 Å². The molecule has 5 nitrogen and oxygen atoms in total. The first-order valence-corrected chi connectivity index (χ1v) is 7.11. The van der Waals surface area contributed by atoms with Crippen molar-refractivity contribution in [2.24, 2.45) is 11.8 Å². The lowest BCUT2D eigenvalue weighted by molar-refractivity contribution is -0.129. The molecule has 1 saturated carbocycles. The molecule has 2 N–H and O–H groups in total. The fraction of sp³-hybridized carbons (Fsp3) is 0.857. The topological polar surface area (TPSA) is 67.4 Å². The predicted molar refractivity (Wildman–Crippen MR) is 71.9 cm³/mol. The van der Waals surface area contributed by atoms with Crippen LogP contribution in [0.1, 0.15) is 40.0 Å². The normalized spacial score (nSPS) is 22.1. The molecule has 0 spiro atoms. The number of carbonyl (C=O) groups excluding carboxylic acids is 2. The molecule has 1 heterocycles. The van der Waals surface area contributed by atoms with Crippen molar-refractivity contribution >= 4 is 11.9 Å². The van der Waals surface area contributed by atoms with Gasteiger partial charge < -0.3 is 15.4 Å². The molecule has 1 saturated heterocycles. The third-order valence-electron chi connectivity index (χ3n) is 3.77. The molecule has 19 heavy (non-hydrogen) atoms. The Hall–Kier alpha value is -1.10. The molecule has 1 aliphatic heterocycles. The van der Waals surface area contributed by atoms with Gasteiger partial charge in [-0.25, -0.2) is 4.79 Å². The summed E-state index contributed by atoms with van der Waals surface area (Å²) < 4.78 is 5.25. The number of amides is 1. The molecule has 108 valence electrons. The number of nitrogens with one attached hydrogen (secondary N) is 2. The number of hydrogen-bond donors (Lipinski definition) is 2. The van der Waals surface area contributed by atoms with E-state index in [1.807, 2.05) is 20.8 Å². The summed E-state index contributed by atoms with van der Waals surface area (Å²) in [6, 6.07) is -0.388. The Morgan fingerprint density at radius 2 is 1.89 bits per heavy atom. The molecule has 0 aromatic heterocycles. The molecule has 1 atom stereocenters. The minimum absolute atomic E-state index is 0.139. The Labute approximate surface area is 114 Å². The van der Waals surface area contributed by atoms with Crippen LogP contribution in [0.2, 0.25) is 0 Å². The van der Waals surface area contributed by atoms with E-state index in [4.69, 9.17) is 4.74 Å². The van der Waals surface area contributed by atoms with Gasteiger partial charge in [0.05, 0.1) is 6.04 Å². The van der Waals surface area contributed by atoms with Gasteiger partial charge in [-0.15, -0.1) is 0 Å². The van der Waals surface area contributed by atoms with Gasteiger partial charge in [0.2, 0.25) is 0 Å². The SMILES string of the molecule is CC(C)(C)OC(=O)NC(C(=O)C1CCC1)C1CNC1. The van der Waals surface area contributed by atoms with Gasteiger partial charge in [0.25, 0.3) is 0 Å². The Morgan fingerprint density at radius 1 is 1.26 bits per heavy atom. The van der Waals surface area contributed by atoms with Crippen LogP contribution in [0.3, 0.4) is 0 Å². The fourth-order valence-electron chi connectivity index (χ4n) is 2.35. The van der Waals surface area contributed by atoms with Crippen molar-refractivity contribution < 1.29 is 14.3 Å². The maximum Gasteiger partial charge on any atom is 0.408 e. The molecular formula is C14H24N2O3. The van der Waals surface area contributed by atoms with Crippen LogP contribution in [0.15, 0.2) is 0 Å². The number of ketones is 1. The Kier molecular flexibility index (Phi) is 4.13. The second-order valence-corrected chi connectivity index (χ2v) is 6.57.